The lowest BCUT2D eigenvalue weighted by molar-refractivity contribution is 0.242. The van der Waals surface area contributed by atoms with Gasteiger partial charge in [0.25, 0.3) is 0 Å². The fourth-order valence-electron chi connectivity index (χ4n) is 1.60. The van der Waals surface area contributed by atoms with Crippen LogP contribution in [0.5, 0.6) is 0 Å². The number of benzene rings is 1. The third-order valence-corrected chi connectivity index (χ3v) is 3.99. The van der Waals surface area contributed by atoms with E-state index in [1.165, 1.54) is 0 Å². The van der Waals surface area contributed by atoms with Gasteiger partial charge in [-0.25, -0.2) is 0 Å². The maximum Gasteiger partial charge on any atom is 0.332 e. The van der Waals surface area contributed by atoms with Crippen molar-refractivity contribution in [2.24, 2.45) is 0 Å². The summed E-state index contributed by atoms with van der Waals surface area (Å²) in [5, 5.41) is 6.94. The lowest BCUT2D eigenvalue weighted by Gasteiger charge is -2.11. The summed E-state index contributed by atoms with van der Waals surface area (Å²) in [6.45, 7) is 2.77. The summed E-state index contributed by atoms with van der Waals surface area (Å²) in [7, 11) is -1.07. The molecule has 0 radical (unpaired) electrons. The predicted octanol–water partition coefficient (Wildman–Crippen LogP) is 3.04. The number of hydrogen-bond donors (Lipinski definition) is 2. The molecule has 0 bridgehead atoms. The van der Waals surface area contributed by atoms with Gasteiger partial charge in [0.1, 0.15) is 0 Å². The van der Waals surface area contributed by atoms with Crippen molar-refractivity contribution in [3.63, 3.8) is 0 Å². The van der Waals surface area contributed by atoms with Crippen LogP contribution in [0.2, 0.25) is 0 Å². The largest absolute Gasteiger partial charge is 0.362 e. The molecule has 0 atom stereocenters. The van der Waals surface area contributed by atoms with E-state index in [0.29, 0.717) is 24.9 Å². The second-order valence-electron chi connectivity index (χ2n) is 4.18. The molecule has 0 aromatic heterocycles. The molecule has 0 amide bonds. The molecule has 0 unspecified atom stereocenters. The van der Waals surface area contributed by atoms with E-state index in [9.17, 15) is 0 Å². The Balaban J connectivity index is 1.47. The molecule has 5 nitrogen and oxygen atoms in total. The predicted molar refractivity (Wildman–Crippen MR) is 84.7 cm³/mol. The summed E-state index contributed by atoms with van der Waals surface area (Å²) in [4.78, 5) is 0. The SMILES string of the molecule is S=C(NCCCCOP1OCCO1)Nc1ccccc1. The molecule has 2 N–H and O–H groups in total. The zero-order chi connectivity index (χ0) is 14.0. The number of nitrogens with one attached hydrogen (secondary N) is 2. The molecule has 2 rings (SSSR count). The maximum atomic E-state index is 5.45. The molecule has 1 aromatic rings. The second-order valence-corrected chi connectivity index (χ2v) is 5.81. The minimum absolute atomic E-state index is 0.643. The second kappa shape index (κ2) is 9.21. The van der Waals surface area contributed by atoms with Gasteiger partial charge in [-0.3, -0.25) is 0 Å². The summed E-state index contributed by atoms with van der Waals surface area (Å²) in [6.07, 6.45) is 1.94. The van der Waals surface area contributed by atoms with E-state index in [0.717, 1.165) is 25.1 Å². The number of unbranched alkanes of at least 4 members (excludes halogenated alkanes) is 1. The number of thiocarbonyl (C=S) groups is 1. The van der Waals surface area contributed by atoms with Crippen LogP contribution in [0.1, 0.15) is 12.8 Å². The Hall–Kier alpha value is -0.780. The van der Waals surface area contributed by atoms with Crippen LogP contribution in [0.3, 0.4) is 0 Å². The molecule has 110 valence electrons. The Morgan fingerprint density at radius 3 is 2.70 bits per heavy atom. The summed E-state index contributed by atoms with van der Waals surface area (Å²) < 4.78 is 15.9. The van der Waals surface area contributed by atoms with Crippen LogP contribution in [0.4, 0.5) is 5.69 Å². The van der Waals surface area contributed by atoms with Crippen molar-refractivity contribution in [2.45, 2.75) is 12.8 Å². The summed E-state index contributed by atoms with van der Waals surface area (Å²) in [5.74, 6) is 0. The van der Waals surface area contributed by atoms with Crippen LogP contribution in [-0.2, 0) is 13.6 Å². The fourth-order valence-corrected chi connectivity index (χ4v) is 2.77. The third kappa shape index (κ3) is 6.11. The Bertz CT molecular complexity index is 402. The highest BCUT2D eigenvalue weighted by molar-refractivity contribution is 7.80. The van der Waals surface area contributed by atoms with Gasteiger partial charge in [-0.1, -0.05) is 18.2 Å². The van der Waals surface area contributed by atoms with Crippen molar-refractivity contribution >= 4 is 31.6 Å². The highest BCUT2D eigenvalue weighted by Crippen LogP contribution is 2.43. The topological polar surface area (TPSA) is 51.8 Å². The smallest absolute Gasteiger partial charge is 0.332 e. The van der Waals surface area contributed by atoms with Crippen molar-refractivity contribution in [2.75, 3.05) is 31.7 Å². The first-order valence-electron chi connectivity index (χ1n) is 6.63. The minimum atomic E-state index is -1.07. The maximum absolute atomic E-state index is 5.45. The molecule has 20 heavy (non-hydrogen) atoms. The van der Waals surface area contributed by atoms with Gasteiger partial charge < -0.3 is 24.2 Å². The van der Waals surface area contributed by atoms with Gasteiger partial charge in [0.15, 0.2) is 5.11 Å². The summed E-state index contributed by atoms with van der Waals surface area (Å²) >= 11 is 5.21. The van der Waals surface area contributed by atoms with Crippen LogP contribution in [0.25, 0.3) is 0 Å². The molecule has 1 saturated heterocycles. The molecule has 1 heterocycles. The number of para-hydroxylation sites is 1. The average Bonchev–Trinajstić information content (AvgIpc) is 2.97. The monoisotopic (exact) mass is 314 g/mol. The third-order valence-electron chi connectivity index (χ3n) is 2.56. The number of hydrogen-bond acceptors (Lipinski definition) is 4. The van der Waals surface area contributed by atoms with Crippen LogP contribution in [-0.4, -0.2) is 31.5 Å². The Kier molecular flexibility index (Phi) is 7.19. The molecule has 0 aliphatic carbocycles. The molecular formula is C13H19N2O3PS. The van der Waals surface area contributed by atoms with Gasteiger partial charge in [0.2, 0.25) is 0 Å². The van der Waals surface area contributed by atoms with Crippen LogP contribution in [0.15, 0.2) is 30.3 Å². The van der Waals surface area contributed by atoms with Crippen LogP contribution >= 0.6 is 20.8 Å². The minimum Gasteiger partial charge on any atom is -0.362 e. The lowest BCUT2D eigenvalue weighted by atomic mass is 10.3. The van der Waals surface area contributed by atoms with E-state index in [2.05, 4.69) is 10.6 Å². The lowest BCUT2D eigenvalue weighted by Crippen LogP contribution is -2.29. The summed E-state index contributed by atoms with van der Waals surface area (Å²) in [6, 6.07) is 9.87. The molecular weight excluding hydrogens is 295 g/mol. The zero-order valence-corrected chi connectivity index (χ0v) is 12.9. The quantitative estimate of drug-likeness (QED) is 0.458. The van der Waals surface area contributed by atoms with Crippen LogP contribution < -0.4 is 10.6 Å². The van der Waals surface area contributed by atoms with Crippen molar-refractivity contribution in [1.82, 2.24) is 5.32 Å². The van der Waals surface area contributed by atoms with Gasteiger partial charge in [0, 0.05) is 12.2 Å². The molecule has 1 aliphatic heterocycles. The Morgan fingerprint density at radius 2 is 1.95 bits per heavy atom. The van der Waals surface area contributed by atoms with Gasteiger partial charge >= 0.3 is 8.60 Å². The first-order valence-corrected chi connectivity index (χ1v) is 8.14. The number of anilines is 1. The Labute approximate surface area is 126 Å². The van der Waals surface area contributed by atoms with Gasteiger partial charge in [-0.05, 0) is 37.2 Å². The molecule has 1 aromatic carbocycles. The number of rotatable bonds is 7. The summed E-state index contributed by atoms with van der Waals surface area (Å²) in [5.41, 5.74) is 0.992. The first kappa shape index (κ1) is 15.6. The van der Waals surface area contributed by atoms with E-state index < -0.39 is 8.60 Å². The van der Waals surface area contributed by atoms with Crippen molar-refractivity contribution in [3.8, 4) is 0 Å². The highest BCUT2D eigenvalue weighted by atomic mass is 32.1. The Morgan fingerprint density at radius 1 is 1.20 bits per heavy atom. The average molecular weight is 314 g/mol. The van der Waals surface area contributed by atoms with Crippen molar-refractivity contribution in [3.05, 3.63) is 30.3 Å². The standard InChI is InChI=1S/C13H19N2O3PS/c20-13(15-12-6-2-1-3-7-12)14-8-4-5-9-16-19-17-10-11-18-19/h1-3,6-7H,4-5,8-11H2,(H2,14,15,20). The zero-order valence-electron chi connectivity index (χ0n) is 11.2. The molecule has 0 saturated carbocycles. The highest BCUT2D eigenvalue weighted by Gasteiger charge is 2.17. The van der Waals surface area contributed by atoms with Gasteiger partial charge in [-0.15, -0.1) is 0 Å². The van der Waals surface area contributed by atoms with E-state index in [1.807, 2.05) is 30.3 Å². The molecule has 1 aliphatic rings. The van der Waals surface area contributed by atoms with Gasteiger partial charge in [-0.2, -0.15) is 0 Å². The molecule has 0 spiro atoms. The van der Waals surface area contributed by atoms with E-state index in [1.54, 1.807) is 0 Å². The van der Waals surface area contributed by atoms with Crippen molar-refractivity contribution in [1.29, 1.82) is 0 Å². The molecule has 7 heteroatoms. The fraction of sp³-hybridized carbons (Fsp3) is 0.462. The molecule has 1 fully saturated rings. The van der Waals surface area contributed by atoms with E-state index in [4.69, 9.17) is 25.8 Å². The van der Waals surface area contributed by atoms with E-state index >= 15 is 0 Å². The van der Waals surface area contributed by atoms with E-state index in [-0.39, 0.29) is 0 Å². The van der Waals surface area contributed by atoms with Gasteiger partial charge in [0.05, 0.1) is 19.8 Å². The van der Waals surface area contributed by atoms with Crippen LogP contribution in [0, 0.1) is 0 Å². The first-order chi connectivity index (χ1) is 9.84. The van der Waals surface area contributed by atoms with Crippen molar-refractivity contribution < 1.29 is 13.6 Å². The normalized spacial score (nSPS) is 15.2.